The number of aryl methyl sites for hydroxylation is 2. The second kappa shape index (κ2) is 4.73. The Hall–Kier alpha value is -1.25. The molecule has 3 N–H and O–H groups in total. The fraction of sp³-hybridized carbons (Fsp3) is 0.250. The number of nitrogens with two attached hydrogens (primary N) is 1. The van der Waals surface area contributed by atoms with E-state index in [9.17, 15) is 0 Å². The summed E-state index contributed by atoms with van der Waals surface area (Å²) in [6, 6.07) is 0. The predicted octanol–water partition coefficient (Wildman–Crippen LogP) is 1.38. The molecule has 0 atom stereocenters. The molecule has 0 radical (unpaired) electrons. The van der Waals surface area contributed by atoms with Crippen LogP contribution >= 0.6 is 23.1 Å². The van der Waals surface area contributed by atoms with Crippen molar-refractivity contribution in [3.63, 3.8) is 0 Å². The van der Waals surface area contributed by atoms with Crippen LogP contribution in [0.1, 0.15) is 10.6 Å². The minimum atomic E-state index is 0.398. The maximum atomic E-state index is 5.26. The molecule has 0 aromatic carbocycles. The summed E-state index contributed by atoms with van der Waals surface area (Å²) < 4.78 is 0.863. The molecule has 0 amide bonds. The Morgan fingerprint density at radius 1 is 1.38 bits per heavy atom. The highest BCUT2D eigenvalue weighted by Crippen LogP contribution is 2.30. The second-order valence-electron chi connectivity index (χ2n) is 3.02. The van der Waals surface area contributed by atoms with E-state index in [1.54, 1.807) is 6.20 Å². The van der Waals surface area contributed by atoms with E-state index < -0.39 is 0 Å². The van der Waals surface area contributed by atoms with Gasteiger partial charge >= 0.3 is 0 Å². The van der Waals surface area contributed by atoms with Crippen LogP contribution in [0, 0.1) is 13.8 Å². The van der Waals surface area contributed by atoms with E-state index in [-0.39, 0.29) is 0 Å². The molecular weight excluding hydrogens is 244 g/mol. The monoisotopic (exact) mass is 254 g/mol. The smallest absolute Gasteiger partial charge is 0.238 e. The number of aromatic nitrogens is 4. The summed E-state index contributed by atoms with van der Waals surface area (Å²) in [4.78, 5) is 8.26. The molecule has 84 valence electrons. The normalized spacial score (nSPS) is 10.4. The number of nitrogen functional groups attached to an aromatic ring is 1. The fourth-order valence-corrected chi connectivity index (χ4v) is 2.78. The lowest BCUT2D eigenvalue weighted by atomic mass is 10.4. The first-order valence-electron chi connectivity index (χ1n) is 4.47. The van der Waals surface area contributed by atoms with E-state index in [2.05, 4.69) is 25.6 Å². The lowest BCUT2D eigenvalue weighted by Gasteiger charge is -2.03. The molecular formula is C8H10N6S2. The highest BCUT2D eigenvalue weighted by Gasteiger charge is 2.08. The summed E-state index contributed by atoms with van der Waals surface area (Å²) in [6.07, 6.45) is 1.72. The van der Waals surface area contributed by atoms with Crippen molar-refractivity contribution in [1.29, 1.82) is 0 Å². The highest BCUT2D eigenvalue weighted by molar-refractivity contribution is 8.01. The molecule has 8 heteroatoms. The zero-order valence-corrected chi connectivity index (χ0v) is 10.4. The molecule has 0 saturated carbocycles. The van der Waals surface area contributed by atoms with Gasteiger partial charge in [-0.3, -0.25) is 5.43 Å². The summed E-state index contributed by atoms with van der Waals surface area (Å²) in [6.45, 7) is 3.86. The first-order valence-corrected chi connectivity index (χ1v) is 6.10. The van der Waals surface area contributed by atoms with Crippen LogP contribution < -0.4 is 11.3 Å². The molecule has 0 fully saturated rings. The van der Waals surface area contributed by atoms with Gasteiger partial charge in [0.25, 0.3) is 0 Å². The third kappa shape index (κ3) is 2.46. The van der Waals surface area contributed by atoms with Gasteiger partial charge < -0.3 is 0 Å². The topological polar surface area (TPSA) is 89.6 Å². The van der Waals surface area contributed by atoms with Gasteiger partial charge in [0.05, 0.1) is 0 Å². The van der Waals surface area contributed by atoms with Crippen LogP contribution in [0.4, 0.5) is 5.95 Å². The Morgan fingerprint density at radius 3 is 2.81 bits per heavy atom. The summed E-state index contributed by atoms with van der Waals surface area (Å²) in [5.41, 5.74) is 3.40. The van der Waals surface area contributed by atoms with Gasteiger partial charge in [0.1, 0.15) is 10.0 Å². The number of hydrogen-bond acceptors (Lipinski definition) is 8. The SMILES string of the molecule is Cc1nnc(Sc2nc(NN)ncc2C)s1. The van der Waals surface area contributed by atoms with Crippen LogP contribution in [0.3, 0.4) is 0 Å². The number of hydrazine groups is 1. The Labute approximate surface area is 101 Å². The summed E-state index contributed by atoms with van der Waals surface area (Å²) in [5.74, 6) is 5.65. The van der Waals surface area contributed by atoms with Crippen molar-refractivity contribution in [1.82, 2.24) is 20.2 Å². The van der Waals surface area contributed by atoms with E-state index >= 15 is 0 Å². The average molecular weight is 254 g/mol. The summed E-state index contributed by atoms with van der Waals surface area (Å²) >= 11 is 3.00. The van der Waals surface area contributed by atoms with E-state index in [0.717, 1.165) is 19.9 Å². The molecule has 6 nitrogen and oxygen atoms in total. The first kappa shape index (κ1) is 11.2. The largest absolute Gasteiger partial charge is 0.292 e. The molecule has 2 rings (SSSR count). The van der Waals surface area contributed by atoms with Gasteiger partial charge in [-0.15, -0.1) is 10.2 Å². The Morgan fingerprint density at radius 2 is 2.19 bits per heavy atom. The third-order valence-electron chi connectivity index (χ3n) is 1.75. The number of rotatable bonds is 3. The van der Waals surface area contributed by atoms with Crippen LogP contribution in [0.5, 0.6) is 0 Å². The number of hydrogen-bond donors (Lipinski definition) is 2. The molecule has 0 aliphatic carbocycles. The van der Waals surface area contributed by atoms with E-state index in [0.29, 0.717) is 5.95 Å². The predicted molar refractivity (Wildman–Crippen MR) is 63.3 cm³/mol. The van der Waals surface area contributed by atoms with Crippen LogP contribution in [0.15, 0.2) is 15.6 Å². The summed E-state index contributed by atoms with van der Waals surface area (Å²) in [5, 5.41) is 9.75. The van der Waals surface area contributed by atoms with E-state index in [1.807, 2.05) is 13.8 Å². The number of nitrogens with zero attached hydrogens (tertiary/aromatic N) is 4. The quantitative estimate of drug-likeness (QED) is 0.486. The Balaban J connectivity index is 2.26. The van der Waals surface area contributed by atoms with Gasteiger partial charge in [0.2, 0.25) is 5.95 Å². The molecule has 2 heterocycles. The van der Waals surface area contributed by atoms with Crippen LogP contribution in [-0.4, -0.2) is 20.2 Å². The second-order valence-corrected chi connectivity index (χ2v) is 5.43. The molecule has 0 spiro atoms. The first-order chi connectivity index (χ1) is 7.69. The standard InChI is InChI=1S/C8H10N6S2/c1-4-3-10-7(12-9)11-6(4)16-8-14-13-5(2)15-8/h3H,9H2,1-2H3,(H,10,11,12). The Bertz CT molecular complexity index is 497. The summed E-state index contributed by atoms with van der Waals surface area (Å²) in [7, 11) is 0. The maximum absolute atomic E-state index is 5.26. The van der Waals surface area contributed by atoms with Gasteiger partial charge in [-0.25, -0.2) is 15.8 Å². The fourth-order valence-electron chi connectivity index (χ4n) is 1.00. The highest BCUT2D eigenvalue weighted by atomic mass is 32.2. The van der Waals surface area contributed by atoms with Gasteiger partial charge in [-0.2, -0.15) is 0 Å². The van der Waals surface area contributed by atoms with Gasteiger partial charge in [0.15, 0.2) is 4.34 Å². The molecule has 0 aliphatic heterocycles. The zero-order valence-electron chi connectivity index (χ0n) is 8.76. The minimum absolute atomic E-state index is 0.398. The van der Waals surface area contributed by atoms with Gasteiger partial charge in [0, 0.05) is 11.8 Å². The molecule has 16 heavy (non-hydrogen) atoms. The maximum Gasteiger partial charge on any atom is 0.238 e. The van der Waals surface area contributed by atoms with Crippen molar-refractivity contribution in [2.45, 2.75) is 23.2 Å². The molecule has 0 bridgehead atoms. The van der Waals surface area contributed by atoms with Crippen molar-refractivity contribution >= 4 is 29.0 Å². The van der Waals surface area contributed by atoms with Crippen molar-refractivity contribution in [3.8, 4) is 0 Å². The number of nitrogens with one attached hydrogen (secondary N) is 1. The molecule has 0 unspecified atom stereocenters. The van der Waals surface area contributed by atoms with Crippen LogP contribution in [0.25, 0.3) is 0 Å². The van der Waals surface area contributed by atoms with Gasteiger partial charge in [-0.1, -0.05) is 11.3 Å². The molecule has 2 aromatic heterocycles. The van der Waals surface area contributed by atoms with Crippen molar-refractivity contribution in [3.05, 3.63) is 16.8 Å². The Kier molecular flexibility index (Phi) is 3.32. The lowest BCUT2D eigenvalue weighted by molar-refractivity contribution is 0.966. The van der Waals surface area contributed by atoms with Crippen LogP contribution in [-0.2, 0) is 0 Å². The minimum Gasteiger partial charge on any atom is -0.292 e. The average Bonchev–Trinajstić information content (AvgIpc) is 2.67. The van der Waals surface area contributed by atoms with E-state index in [1.165, 1.54) is 23.1 Å². The molecule has 0 saturated heterocycles. The molecule has 2 aromatic rings. The van der Waals surface area contributed by atoms with Crippen molar-refractivity contribution in [2.75, 3.05) is 5.43 Å². The van der Waals surface area contributed by atoms with Crippen LogP contribution in [0.2, 0.25) is 0 Å². The van der Waals surface area contributed by atoms with E-state index in [4.69, 9.17) is 5.84 Å². The third-order valence-corrected chi connectivity index (χ3v) is 3.74. The van der Waals surface area contributed by atoms with Crippen molar-refractivity contribution < 1.29 is 0 Å². The zero-order chi connectivity index (χ0) is 11.5. The lowest BCUT2D eigenvalue weighted by Crippen LogP contribution is -2.10. The van der Waals surface area contributed by atoms with Gasteiger partial charge in [-0.05, 0) is 25.6 Å². The molecule has 0 aliphatic rings. The number of anilines is 1. The van der Waals surface area contributed by atoms with Crippen molar-refractivity contribution in [2.24, 2.45) is 5.84 Å².